The Balaban J connectivity index is 2.04. The number of benzene rings is 1. The summed E-state index contributed by atoms with van der Waals surface area (Å²) in [6.45, 7) is 13.7. The Morgan fingerprint density at radius 2 is 1.78 bits per heavy atom. The van der Waals surface area contributed by atoms with Gasteiger partial charge in [0.2, 0.25) is 5.91 Å². The molecule has 0 bridgehead atoms. The van der Waals surface area contributed by atoms with E-state index in [0.717, 1.165) is 16.4 Å². The molecule has 3 rings (SSSR count). The van der Waals surface area contributed by atoms with Crippen LogP contribution in [0.2, 0.25) is 0 Å². The maximum Gasteiger partial charge on any atom is 0.338 e. The molecule has 0 aliphatic carbocycles. The SMILES string of the molecule is CC1=C(C(=O)OC(C)C)C(c2ccc(C(C)C)cc2)N2C(CC(=O)NC(C)C)=CSC2=N1. The van der Waals surface area contributed by atoms with Crippen LogP contribution in [0.4, 0.5) is 0 Å². The molecule has 0 radical (unpaired) electrons. The Kier molecular flexibility index (Phi) is 7.49. The second-order valence-corrected chi connectivity index (χ2v) is 9.90. The fourth-order valence-electron chi connectivity index (χ4n) is 3.82. The minimum absolute atomic E-state index is 0.0559. The molecular formula is C25H33N3O3S. The van der Waals surface area contributed by atoms with Gasteiger partial charge in [0, 0.05) is 11.7 Å². The first-order chi connectivity index (χ1) is 15.1. The molecule has 0 aromatic heterocycles. The van der Waals surface area contributed by atoms with E-state index in [0.29, 0.717) is 17.2 Å². The van der Waals surface area contributed by atoms with Crippen LogP contribution in [-0.2, 0) is 14.3 Å². The lowest BCUT2D eigenvalue weighted by Crippen LogP contribution is -2.39. The normalized spacial score (nSPS) is 18.2. The summed E-state index contributed by atoms with van der Waals surface area (Å²) >= 11 is 1.48. The molecule has 32 heavy (non-hydrogen) atoms. The number of nitrogens with one attached hydrogen (secondary N) is 1. The van der Waals surface area contributed by atoms with Crippen molar-refractivity contribution in [3.63, 3.8) is 0 Å². The monoisotopic (exact) mass is 455 g/mol. The molecule has 7 heteroatoms. The maximum absolute atomic E-state index is 13.2. The van der Waals surface area contributed by atoms with Crippen molar-refractivity contribution in [2.75, 3.05) is 0 Å². The number of fused-ring (bicyclic) bond motifs is 1. The number of amidine groups is 1. The Labute approximate surface area is 195 Å². The summed E-state index contributed by atoms with van der Waals surface area (Å²) < 4.78 is 5.59. The highest BCUT2D eigenvalue weighted by Gasteiger charge is 2.41. The van der Waals surface area contributed by atoms with Gasteiger partial charge in [-0.2, -0.15) is 0 Å². The minimum atomic E-state index is -0.400. The maximum atomic E-state index is 13.2. The zero-order valence-electron chi connectivity index (χ0n) is 19.9. The number of rotatable bonds is 7. The Morgan fingerprint density at radius 1 is 1.12 bits per heavy atom. The number of aliphatic imine (C=N–C) groups is 1. The van der Waals surface area contributed by atoms with Crippen LogP contribution >= 0.6 is 11.8 Å². The Morgan fingerprint density at radius 3 is 2.34 bits per heavy atom. The van der Waals surface area contributed by atoms with Crippen molar-refractivity contribution in [1.82, 2.24) is 10.2 Å². The molecule has 172 valence electrons. The van der Waals surface area contributed by atoms with Crippen LogP contribution < -0.4 is 5.32 Å². The molecule has 2 aliphatic rings. The van der Waals surface area contributed by atoms with Crippen molar-refractivity contribution < 1.29 is 14.3 Å². The van der Waals surface area contributed by atoms with Gasteiger partial charge in [-0.25, -0.2) is 9.79 Å². The molecule has 2 heterocycles. The van der Waals surface area contributed by atoms with Crippen molar-refractivity contribution in [2.24, 2.45) is 4.99 Å². The number of hydrogen-bond donors (Lipinski definition) is 1. The largest absolute Gasteiger partial charge is 0.459 e. The second-order valence-electron chi connectivity index (χ2n) is 9.07. The van der Waals surface area contributed by atoms with Crippen LogP contribution in [0.5, 0.6) is 0 Å². The number of ether oxygens (including phenoxy) is 1. The first kappa shape index (κ1) is 24.1. The lowest BCUT2D eigenvalue weighted by molar-refractivity contribution is -0.143. The van der Waals surface area contributed by atoms with Crippen LogP contribution in [0, 0.1) is 0 Å². The highest BCUT2D eigenvalue weighted by molar-refractivity contribution is 8.16. The van der Waals surface area contributed by atoms with Gasteiger partial charge in [-0.05, 0) is 57.1 Å². The number of carbonyl (C=O) groups excluding carboxylic acids is 2. The number of hydrogen-bond acceptors (Lipinski definition) is 6. The van der Waals surface area contributed by atoms with Gasteiger partial charge in [-0.1, -0.05) is 49.9 Å². The van der Waals surface area contributed by atoms with Gasteiger partial charge in [0.25, 0.3) is 0 Å². The van der Waals surface area contributed by atoms with Gasteiger partial charge in [-0.15, -0.1) is 0 Å². The molecule has 0 spiro atoms. The third-order valence-corrected chi connectivity index (χ3v) is 6.16. The molecule has 1 atom stereocenters. The molecule has 0 saturated carbocycles. The molecule has 1 N–H and O–H groups in total. The van der Waals surface area contributed by atoms with E-state index < -0.39 is 6.04 Å². The summed E-state index contributed by atoms with van der Waals surface area (Å²) in [5.41, 5.74) is 4.18. The summed E-state index contributed by atoms with van der Waals surface area (Å²) in [5, 5.41) is 5.68. The molecule has 0 fully saturated rings. The predicted molar refractivity (Wildman–Crippen MR) is 130 cm³/mol. The minimum Gasteiger partial charge on any atom is -0.459 e. The fraction of sp³-hybridized carbons (Fsp3) is 0.480. The third-order valence-electron chi connectivity index (χ3n) is 5.27. The smallest absolute Gasteiger partial charge is 0.338 e. The van der Waals surface area contributed by atoms with E-state index in [9.17, 15) is 9.59 Å². The van der Waals surface area contributed by atoms with E-state index in [1.807, 2.05) is 44.9 Å². The molecule has 1 unspecified atom stereocenters. The zero-order valence-corrected chi connectivity index (χ0v) is 20.7. The van der Waals surface area contributed by atoms with Gasteiger partial charge < -0.3 is 15.0 Å². The van der Waals surface area contributed by atoms with Crippen molar-refractivity contribution in [2.45, 2.75) is 79.0 Å². The number of esters is 1. The van der Waals surface area contributed by atoms with Gasteiger partial charge >= 0.3 is 5.97 Å². The third kappa shape index (κ3) is 5.26. The second kappa shape index (κ2) is 9.94. The number of amides is 1. The summed E-state index contributed by atoms with van der Waals surface area (Å²) in [5.74, 6) is -0.0200. The van der Waals surface area contributed by atoms with Crippen molar-refractivity contribution >= 4 is 28.8 Å². The van der Waals surface area contributed by atoms with Crippen LogP contribution in [0.15, 0.2) is 51.6 Å². The van der Waals surface area contributed by atoms with Crippen LogP contribution in [0.25, 0.3) is 0 Å². The van der Waals surface area contributed by atoms with E-state index in [4.69, 9.17) is 9.73 Å². The number of thioether (sulfide) groups is 1. The standard InChI is InChI=1S/C25H33N3O3S/c1-14(2)18-8-10-19(11-9-18)23-22(24(30)31-16(5)6)17(7)27-25-28(23)20(13-32-25)12-21(29)26-15(3)4/h8-11,13-16,23H,12H2,1-7H3,(H,26,29). The van der Waals surface area contributed by atoms with E-state index in [-0.39, 0.29) is 30.4 Å². The predicted octanol–water partition coefficient (Wildman–Crippen LogP) is 5.25. The lowest BCUT2D eigenvalue weighted by atomic mass is 9.92. The first-order valence-electron chi connectivity index (χ1n) is 11.1. The molecule has 1 aromatic rings. The molecule has 6 nitrogen and oxygen atoms in total. The quantitative estimate of drug-likeness (QED) is 0.569. The summed E-state index contributed by atoms with van der Waals surface area (Å²) in [6, 6.07) is 7.99. The van der Waals surface area contributed by atoms with E-state index in [1.54, 1.807) is 0 Å². The van der Waals surface area contributed by atoms with Crippen LogP contribution in [0.1, 0.15) is 78.0 Å². The molecule has 0 saturated heterocycles. The average molecular weight is 456 g/mol. The number of allylic oxidation sites excluding steroid dienone is 1. The Bertz CT molecular complexity index is 975. The van der Waals surface area contributed by atoms with Crippen molar-refractivity contribution in [1.29, 1.82) is 0 Å². The summed E-state index contributed by atoms with van der Waals surface area (Å²) in [6.07, 6.45) is -0.0204. The van der Waals surface area contributed by atoms with Crippen LogP contribution in [0.3, 0.4) is 0 Å². The van der Waals surface area contributed by atoms with Gasteiger partial charge in [-0.3, -0.25) is 4.79 Å². The Hall–Kier alpha value is -2.54. The van der Waals surface area contributed by atoms with E-state index in [1.165, 1.54) is 17.3 Å². The summed E-state index contributed by atoms with van der Waals surface area (Å²) in [7, 11) is 0. The zero-order chi connectivity index (χ0) is 23.6. The number of nitrogens with zero attached hydrogens (tertiary/aromatic N) is 2. The molecule has 1 aromatic carbocycles. The average Bonchev–Trinajstić information content (AvgIpc) is 3.07. The first-order valence-corrected chi connectivity index (χ1v) is 12.0. The number of carbonyl (C=O) groups is 2. The van der Waals surface area contributed by atoms with Gasteiger partial charge in [0.05, 0.1) is 29.8 Å². The van der Waals surface area contributed by atoms with Crippen LogP contribution in [-0.4, -0.2) is 34.1 Å². The topological polar surface area (TPSA) is 71.0 Å². The van der Waals surface area contributed by atoms with E-state index in [2.05, 4.69) is 43.4 Å². The molecule has 2 aliphatic heterocycles. The lowest BCUT2D eigenvalue weighted by Gasteiger charge is -2.36. The fourth-order valence-corrected chi connectivity index (χ4v) is 4.79. The highest BCUT2D eigenvalue weighted by Crippen LogP contribution is 2.45. The molecule has 1 amide bonds. The van der Waals surface area contributed by atoms with E-state index >= 15 is 0 Å². The highest BCUT2D eigenvalue weighted by atomic mass is 32.2. The summed E-state index contributed by atoms with van der Waals surface area (Å²) in [4.78, 5) is 32.4. The van der Waals surface area contributed by atoms with Crippen molar-refractivity contribution in [3.8, 4) is 0 Å². The molecular weight excluding hydrogens is 422 g/mol. The van der Waals surface area contributed by atoms with Gasteiger partial charge in [0.15, 0.2) is 5.17 Å². The van der Waals surface area contributed by atoms with Gasteiger partial charge in [0.1, 0.15) is 0 Å². The van der Waals surface area contributed by atoms with Crippen molar-refractivity contribution in [3.05, 3.63) is 57.8 Å².